The zero-order valence-electron chi connectivity index (χ0n) is 12.4. The predicted molar refractivity (Wildman–Crippen MR) is 86.1 cm³/mol. The van der Waals surface area contributed by atoms with Crippen LogP contribution in [0.3, 0.4) is 0 Å². The Labute approximate surface area is 137 Å². The molecule has 120 valence electrons. The molecule has 1 fully saturated rings. The number of thiazole rings is 1. The highest BCUT2D eigenvalue weighted by molar-refractivity contribution is 7.14. The lowest BCUT2D eigenvalue weighted by Crippen LogP contribution is -2.26. The van der Waals surface area contributed by atoms with Crippen molar-refractivity contribution < 1.29 is 19.0 Å². The van der Waals surface area contributed by atoms with Crippen molar-refractivity contribution in [1.82, 2.24) is 4.98 Å². The summed E-state index contributed by atoms with van der Waals surface area (Å²) in [5.74, 6) is 1.36. The molecular formula is C16H16N2O4S. The number of nitrogens with one attached hydrogen (secondary N) is 1. The van der Waals surface area contributed by atoms with Gasteiger partial charge in [-0.3, -0.25) is 10.1 Å². The van der Waals surface area contributed by atoms with Crippen LogP contribution in [0.2, 0.25) is 0 Å². The molecule has 0 saturated carbocycles. The normalized spacial score (nSPS) is 19.6. The summed E-state index contributed by atoms with van der Waals surface area (Å²) in [7, 11) is 0. The molecule has 0 spiro atoms. The minimum atomic E-state index is -0.350. The van der Waals surface area contributed by atoms with Crippen LogP contribution < -0.4 is 14.8 Å². The second-order valence-corrected chi connectivity index (χ2v) is 6.25. The van der Waals surface area contributed by atoms with Gasteiger partial charge in [-0.05, 0) is 31.0 Å². The standard InChI is InChI=1S/C16H16N2O4S/c19-15(13-2-1-5-20-13)18-16-17-11(9-23-16)10-3-4-12-14(8-10)22-7-6-21-12/h3-4,8-9,13H,1-2,5-7H2,(H,17,18,19)/t13-/m1/s1. The van der Waals surface area contributed by atoms with E-state index in [1.165, 1.54) is 11.3 Å². The lowest BCUT2D eigenvalue weighted by Gasteiger charge is -2.18. The van der Waals surface area contributed by atoms with Gasteiger partial charge >= 0.3 is 0 Å². The van der Waals surface area contributed by atoms with Gasteiger partial charge in [0.25, 0.3) is 5.91 Å². The van der Waals surface area contributed by atoms with E-state index in [-0.39, 0.29) is 12.0 Å². The SMILES string of the molecule is O=C(Nc1nc(-c2ccc3c(c2)OCCO3)cs1)[C@H]1CCCO1. The van der Waals surface area contributed by atoms with Crippen LogP contribution in [0.25, 0.3) is 11.3 Å². The maximum atomic E-state index is 12.0. The van der Waals surface area contributed by atoms with Crippen molar-refractivity contribution in [3.63, 3.8) is 0 Å². The van der Waals surface area contributed by atoms with Crippen molar-refractivity contribution in [2.24, 2.45) is 0 Å². The topological polar surface area (TPSA) is 69.7 Å². The Kier molecular flexibility index (Phi) is 3.88. The number of hydrogen-bond donors (Lipinski definition) is 1. The van der Waals surface area contributed by atoms with E-state index in [0.717, 1.165) is 35.6 Å². The molecular weight excluding hydrogens is 316 g/mol. The Hall–Kier alpha value is -2.12. The van der Waals surface area contributed by atoms with E-state index < -0.39 is 0 Å². The van der Waals surface area contributed by atoms with E-state index in [0.29, 0.717) is 25.0 Å². The molecule has 2 aliphatic heterocycles. The van der Waals surface area contributed by atoms with Gasteiger partial charge in [-0.2, -0.15) is 0 Å². The number of benzene rings is 1. The van der Waals surface area contributed by atoms with Crippen LogP contribution in [-0.4, -0.2) is 36.8 Å². The fraction of sp³-hybridized carbons (Fsp3) is 0.375. The quantitative estimate of drug-likeness (QED) is 0.936. The van der Waals surface area contributed by atoms with Crippen LogP contribution in [0.4, 0.5) is 5.13 Å². The molecule has 0 unspecified atom stereocenters. The van der Waals surface area contributed by atoms with Crippen molar-refractivity contribution in [2.75, 3.05) is 25.1 Å². The van der Waals surface area contributed by atoms with Crippen molar-refractivity contribution in [2.45, 2.75) is 18.9 Å². The number of amides is 1. The molecule has 2 aromatic rings. The van der Waals surface area contributed by atoms with Gasteiger partial charge in [-0.1, -0.05) is 0 Å². The molecule has 6 nitrogen and oxygen atoms in total. The van der Waals surface area contributed by atoms with Crippen LogP contribution in [0.15, 0.2) is 23.6 Å². The Morgan fingerprint density at radius 2 is 2.09 bits per heavy atom. The molecule has 0 aliphatic carbocycles. The zero-order chi connectivity index (χ0) is 15.6. The van der Waals surface area contributed by atoms with Gasteiger partial charge in [0.15, 0.2) is 16.6 Å². The monoisotopic (exact) mass is 332 g/mol. The number of anilines is 1. The fourth-order valence-electron chi connectivity index (χ4n) is 2.64. The number of ether oxygens (including phenoxy) is 3. The molecule has 4 rings (SSSR count). The van der Waals surface area contributed by atoms with Gasteiger partial charge in [0.1, 0.15) is 19.3 Å². The average Bonchev–Trinajstić information content (AvgIpc) is 3.26. The van der Waals surface area contributed by atoms with Crippen LogP contribution in [-0.2, 0) is 9.53 Å². The van der Waals surface area contributed by atoms with Crippen molar-refractivity contribution in [1.29, 1.82) is 0 Å². The summed E-state index contributed by atoms with van der Waals surface area (Å²) >= 11 is 1.40. The van der Waals surface area contributed by atoms with Crippen molar-refractivity contribution in [3.05, 3.63) is 23.6 Å². The Morgan fingerprint density at radius 1 is 1.22 bits per heavy atom. The smallest absolute Gasteiger partial charge is 0.255 e. The maximum Gasteiger partial charge on any atom is 0.255 e. The Morgan fingerprint density at radius 3 is 2.91 bits per heavy atom. The molecule has 2 aliphatic rings. The number of carbonyl (C=O) groups is 1. The lowest BCUT2D eigenvalue weighted by molar-refractivity contribution is -0.124. The number of hydrogen-bond acceptors (Lipinski definition) is 6. The van der Waals surface area contributed by atoms with E-state index in [2.05, 4.69) is 10.3 Å². The number of carbonyl (C=O) groups excluding carboxylic acids is 1. The fourth-order valence-corrected chi connectivity index (χ4v) is 3.36. The molecule has 0 radical (unpaired) electrons. The third-order valence-electron chi connectivity index (χ3n) is 3.79. The average molecular weight is 332 g/mol. The Balaban J connectivity index is 1.50. The molecule has 1 aromatic heterocycles. The van der Waals surface area contributed by atoms with Crippen molar-refractivity contribution in [3.8, 4) is 22.8 Å². The molecule has 0 bridgehead atoms. The third-order valence-corrected chi connectivity index (χ3v) is 4.55. The van der Waals surface area contributed by atoms with E-state index in [1.54, 1.807) is 0 Å². The van der Waals surface area contributed by atoms with Crippen LogP contribution in [0.5, 0.6) is 11.5 Å². The third kappa shape index (κ3) is 3.02. The van der Waals surface area contributed by atoms with Crippen LogP contribution in [0.1, 0.15) is 12.8 Å². The first-order valence-electron chi connectivity index (χ1n) is 7.57. The highest BCUT2D eigenvalue weighted by atomic mass is 32.1. The first-order chi connectivity index (χ1) is 11.3. The molecule has 7 heteroatoms. The molecule has 1 saturated heterocycles. The van der Waals surface area contributed by atoms with Gasteiger partial charge in [0, 0.05) is 17.6 Å². The highest BCUT2D eigenvalue weighted by Gasteiger charge is 2.24. The first-order valence-corrected chi connectivity index (χ1v) is 8.45. The Bertz CT molecular complexity index is 725. The zero-order valence-corrected chi connectivity index (χ0v) is 13.2. The summed E-state index contributed by atoms with van der Waals surface area (Å²) in [6, 6.07) is 5.73. The summed E-state index contributed by atoms with van der Waals surface area (Å²) in [5.41, 5.74) is 1.73. The maximum absolute atomic E-state index is 12.0. The second-order valence-electron chi connectivity index (χ2n) is 5.39. The molecule has 23 heavy (non-hydrogen) atoms. The van der Waals surface area contributed by atoms with E-state index in [4.69, 9.17) is 14.2 Å². The number of aromatic nitrogens is 1. The molecule has 1 atom stereocenters. The summed E-state index contributed by atoms with van der Waals surface area (Å²) in [6.45, 7) is 1.77. The molecule has 3 heterocycles. The van der Waals surface area contributed by atoms with Gasteiger partial charge in [0.05, 0.1) is 5.69 Å². The summed E-state index contributed by atoms with van der Waals surface area (Å²) in [5, 5.41) is 5.32. The van der Waals surface area contributed by atoms with Gasteiger partial charge in [-0.15, -0.1) is 11.3 Å². The largest absolute Gasteiger partial charge is 0.486 e. The first kappa shape index (κ1) is 14.5. The summed E-state index contributed by atoms with van der Waals surface area (Å²) in [4.78, 5) is 16.5. The van der Waals surface area contributed by atoms with Gasteiger partial charge < -0.3 is 14.2 Å². The van der Waals surface area contributed by atoms with Gasteiger partial charge in [0.2, 0.25) is 0 Å². The van der Waals surface area contributed by atoms with Crippen LogP contribution in [0, 0.1) is 0 Å². The summed E-state index contributed by atoms with van der Waals surface area (Å²) in [6.07, 6.45) is 1.35. The number of nitrogens with zero attached hydrogens (tertiary/aromatic N) is 1. The minimum absolute atomic E-state index is 0.120. The van der Waals surface area contributed by atoms with E-state index in [9.17, 15) is 4.79 Å². The van der Waals surface area contributed by atoms with Gasteiger partial charge in [-0.25, -0.2) is 4.98 Å². The van der Waals surface area contributed by atoms with E-state index in [1.807, 2.05) is 23.6 Å². The van der Waals surface area contributed by atoms with E-state index >= 15 is 0 Å². The summed E-state index contributed by atoms with van der Waals surface area (Å²) < 4.78 is 16.5. The molecule has 1 amide bonds. The molecule has 1 aromatic carbocycles. The lowest BCUT2D eigenvalue weighted by atomic mass is 10.1. The number of fused-ring (bicyclic) bond motifs is 1. The predicted octanol–water partition coefficient (Wildman–Crippen LogP) is 2.70. The van der Waals surface area contributed by atoms with Crippen molar-refractivity contribution >= 4 is 22.4 Å². The molecule has 1 N–H and O–H groups in total. The number of rotatable bonds is 3. The second kappa shape index (κ2) is 6.17. The van der Waals surface area contributed by atoms with Crippen LogP contribution >= 0.6 is 11.3 Å². The minimum Gasteiger partial charge on any atom is -0.486 e. The highest BCUT2D eigenvalue weighted by Crippen LogP contribution is 2.35.